The van der Waals surface area contributed by atoms with Gasteiger partial charge >= 0.3 is 0 Å². The van der Waals surface area contributed by atoms with Crippen molar-refractivity contribution in [3.05, 3.63) is 174 Å². The molecule has 4 saturated carbocycles. The highest BCUT2D eigenvalue weighted by atomic mass is 15.2. The number of para-hydroxylation sites is 3. The van der Waals surface area contributed by atoms with Crippen LogP contribution in [0.15, 0.2) is 152 Å². The number of fused-ring (bicyclic) bond motifs is 21. The Bertz CT molecular complexity index is 2990. The van der Waals surface area contributed by atoms with Crippen molar-refractivity contribution in [1.82, 2.24) is 0 Å². The van der Waals surface area contributed by atoms with Crippen LogP contribution in [-0.2, 0) is 10.8 Å². The fourth-order valence-corrected chi connectivity index (χ4v) is 15.5. The first-order valence-corrected chi connectivity index (χ1v) is 22.6. The van der Waals surface area contributed by atoms with Gasteiger partial charge in [-0.1, -0.05) is 122 Å². The standard InChI is InChI=1S/C56H45BN2/c1-2-12-38(13-3-1)59-50-21-11-9-19-48(50)57-47-18-8-10-20-49(47)58(39-26-27-41-40-14-4-6-16-43(40)55(45(41)30-39)32-34-22-24-36(55)28-34)51-31-46-52(54(59)53(51)57)42-15-5-7-17-44(42)56(46)33-35-23-25-37(56)29-35/h1-21,26-27,30-31,34-37H,22-25,28-29,32-33H2/t34-,35+,36+,37?,55+,56+/m0/s1. The largest absolute Gasteiger partial charge is 0.311 e. The minimum atomic E-state index is 0.0462. The fraction of sp³-hybridized carbons (Fsp3) is 0.250. The van der Waals surface area contributed by atoms with Gasteiger partial charge in [-0.3, -0.25) is 0 Å². The Hall–Kier alpha value is -5.80. The lowest BCUT2D eigenvalue weighted by Crippen LogP contribution is -2.61. The van der Waals surface area contributed by atoms with E-state index in [1.165, 1.54) is 124 Å². The van der Waals surface area contributed by atoms with Gasteiger partial charge in [0.25, 0.3) is 6.71 Å². The number of anilines is 6. The van der Waals surface area contributed by atoms with Crippen LogP contribution < -0.4 is 26.2 Å². The van der Waals surface area contributed by atoms with Crippen LogP contribution in [0.2, 0.25) is 0 Å². The van der Waals surface area contributed by atoms with Gasteiger partial charge in [0.1, 0.15) is 0 Å². The lowest BCUT2D eigenvalue weighted by atomic mass is 9.33. The molecule has 4 bridgehead atoms. The zero-order valence-electron chi connectivity index (χ0n) is 33.4. The maximum Gasteiger partial charge on any atom is 0.252 e. The third-order valence-corrected chi connectivity index (χ3v) is 17.4. The van der Waals surface area contributed by atoms with Crippen LogP contribution in [0, 0.1) is 23.7 Å². The molecule has 4 fully saturated rings. The van der Waals surface area contributed by atoms with Gasteiger partial charge in [0.15, 0.2) is 0 Å². The van der Waals surface area contributed by atoms with Crippen LogP contribution in [0.25, 0.3) is 22.3 Å². The quantitative estimate of drug-likeness (QED) is 0.162. The maximum absolute atomic E-state index is 2.75. The van der Waals surface area contributed by atoms with Gasteiger partial charge < -0.3 is 9.80 Å². The van der Waals surface area contributed by atoms with Crippen molar-refractivity contribution in [2.45, 2.75) is 62.2 Å². The van der Waals surface area contributed by atoms with Crippen LogP contribution in [0.3, 0.4) is 0 Å². The van der Waals surface area contributed by atoms with E-state index in [1.54, 1.807) is 22.3 Å². The van der Waals surface area contributed by atoms with E-state index in [-0.39, 0.29) is 17.5 Å². The average Bonchev–Trinajstić information content (AvgIpc) is 4.17. The molecule has 3 heteroatoms. The second kappa shape index (κ2) is 11.1. The third-order valence-electron chi connectivity index (χ3n) is 17.4. The summed E-state index contributed by atoms with van der Waals surface area (Å²) in [6, 6.07) is 59.5. The number of benzene rings is 7. The molecule has 0 N–H and O–H groups in total. The fourth-order valence-electron chi connectivity index (χ4n) is 15.5. The lowest BCUT2D eigenvalue weighted by Gasteiger charge is -2.46. The van der Waals surface area contributed by atoms with E-state index in [4.69, 9.17) is 0 Å². The Balaban J connectivity index is 1.06. The molecule has 0 radical (unpaired) electrons. The molecule has 2 heterocycles. The third kappa shape index (κ3) is 3.75. The van der Waals surface area contributed by atoms with Crippen molar-refractivity contribution >= 4 is 57.2 Å². The number of rotatable bonds is 2. The van der Waals surface area contributed by atoms with Crippen molar-refractivity contribution in [2.75, 3.05) is 9.80 Å². The molecule has 6 aliphatic carbocycles. The van der Waals surface area contributed by atoms with E-state index in [1.807, 2.05) is 0 Å². The van der Waals surface area contributed by atoms with Gasteiger partial charge in [-0.2, -0.15) is 0 Å². The van der Waals surface area contributed by atoms with E-state index >= 15 is 0 Å². The predicted octanol–water partition coefficient (Wildman–Crippen LogP) is 11.9. The summed E-state index contributed by atoms with van der Waals surface area (Å²) in [4.78, 5) is 5.40. The highest BCUT2D eigenvalue weighted by Gasteiger charge is 2.60. The number of nitrogens with zero attached hydrogens (tertiary/aromatic N) is 2. The Morgan fingerprint density at radius 2 is 1.02 bits per heavy atom. The summed E-state index contributed by atoms with van der Waals surface area (Å²) in [5, 5.41) is 0. The first kappa shape index (κ1) is 32.1. The molecular formula is C56H45BN2. The summed E-state index contributed by atoms with van der Waals surface area (Å²) in [6.07, 6.45) is 10.8. The maximum atomic E-state index is 2.75. The molecule has 2 spiro atoms. The first-order chi connectivity index (χ1) is 29.2. The molecule has 59 heavy (non-hydrogen) atoms. The minimum absolute atomic E-state index is 0.0462. The highest BCUT2D eigenvalue weighted by Crippen LogP contribution is 2.69. The average molecular weight is 757 g/mol. The lowest BCUT2D eigenvalue weighted by molar-refractivity contribution is 0.327. The van der Waals surface area contributed by atoms with Crippen molar-refractivity contribution in [2.24, 2.45) is 23.7 Å². The van der Waals surface area contributed by atoms with Gasteiger partial charge in [-0.05, 0) is 160 Å². The Morgan fingerprint density at radius 3 is 1.69 bits per heavy atom. The molecule has 15 rings (SSSR count). The van der Waals surface area contributed by atoms with Gasteiger partial charge in [0.05, 0.1) is 5.69 Å². The molecule has 2 aliphatic heterocycles. The van der Waals surface area contributed by atoms with Crippen LogP contribution in [0.5, 0.6) is 0 Å². The summed E-state index contributed by atoms with van der Waals surface area (Å²) in [7, 11) is 0. The Kier molecular flexibility index (Phi) is 6.02. The second-order valence-electron chi connectivity index (χ2n) is 19.6. The van der Waals surface area contributed by atoms with Crippen molar-refractivity contribution in [1.29, 1.82) is 0 Å². The van der Waals surface area contributed by atoms with Gasteiger partial charge in [-0.15, -0.1) is 0 Å². The summed E-state index contributed by atoms with van der Waals surface area (Å²) >= 11 is 0. The van der Waals surface area contributed by atoms with Crippen molar-refractivity contribution in [3.63, 3.8) is 0 Å². The molecule has 2 nitrogen and oxygen atoms in total. The first-order valence-electron chi connectivity index (χ1n) is 22.6. The topological polar surface area (TPSA) is 6.48 Å². The smallest absolute Gasteiger partial charge is 0.252 e. The second-order valence-corrected chi connectivity index (χ2v) is 19.6. The summed E-state index contributed by atoms with van der Waals surface area (Å²) in [6.45, 7) is 0.119. The molecular weight excluding hydrogens is 711 g/mol. The molecule has 0 aromatic heterocycles. The van der Waals surface area contributed by atoms with Crippen molar-refractivity contribution in [3.8, 4) is 22.3 Å². The van der Waals surface area contributed by atoms with E-state index in [9.17, 15) is 0 Å². The van der Waals surface area contributed by atoms with Crippen LogP contribution >= 0.6 is 0 Å². The molecule has 7 aromatic carbocycles. The SMILES string of the molecule is c1ccc(N2c3ccccc3B3c4ccccc4N(c4ccc5c(c4)[C@@]4(C[C@H]6CC[C@@H]4C6)c4ccccc4-5)c4cc5c(c2c43)-c2ccccc2[C@]52C[C@@H]3CCC2C3)cc1. The zero-order chi connectivity index (χ0) is 38.2. The summed E-state index contributed by atoms with van der Waals surface area (Å²) in [5.41, 5.74) is 24.6. The summed E-state index contributed by atoms with van der Waals surface area (Å²) < 4.78 is 0. The monoisotopic (exact) mass is 756 g/mol. The molecule has 8 aliphatic rings. The molecule has 1 unspecified atom stereocenters. The van der Waals surface area contributed by atoms with Crippen LogP contribution in [-0.4, -0.2) is 6.71 Å². The van der Waals surface area contributed by atoms with Crippen LogP contribution in [0.1, 0.15) is 73.6 Å². The van der Waals surface area contributed by atoms with E-state index in [0.717, 1.165) is 17.8 Å². The number of hydrogen-bond acceptors (Lipinski definition) is 2. The van der Waals surface area contributed by atoms with Gasteiger partial charge in [0.2, 0.25) is 0 Å². The normalized spacial score (nSPS) is 27.5. The van der Waals surface area contributed by atoms with E-state index < -0.39 is 0 Å². The van der Waals surface area contributed by atoms with Crippen LogP contribution in [0.4, 0.5) is 34.1 Å². The Morgan fingerprint density at radius 1 is 0.441 bits per heavy atom. The van der Waals surface area contributed by atoms with Gasteiger partial charge in [-0.25, -0.2) is 0 Å². The minimum Gasteiger partial charge on any atom is -0.311 e. The highest BCUT2D eigenvalue weighted by molar-refractivity contribution is 7.00. The van der Waals surface area contributed by atoms with E-state index in [0.29, 0.717) is 5.92 Å². The molecule has 6 atom stereocenters. The Labute approximate surface area is 347 Å². The summed E-state index contributed by atoms with van der Waals surface area (Å²) in [5.74, 6) is 3.05. The number of hydrogen-bond donors (Lipinski definition) is 0. The van der Waals surface area contributed by atoms with E-state index in [2.05, 4.69) is 161 Å². The van der Waals surface area contributed by atoms with Crippen molar-refractivity contribution < 1.29 is 0 Å². The molecule has 282 valence electrons. The predicted molar refractivity (Wildman–Crippen MR) is 244 cm³/mol. The zero-order valence-corrected chi connectivity index (χ0v) is 33.4. The molecule has 0 amide bonds. The molecule has 7 aromatic rings. The molecule has 0 saturated heterocycles. The van der Waals surface area contributed by atoms with Gasteiger partial charge in [0, 0.05) is 44.8 Å².